The largest absolute Gasteiger partial charge is 0.485 e. The molecule has 6 heterocycles. The van der Waals surface area contributed by atoms with E-state index in [2.05, 4.69) is 62.9 Å². The van der Waals surface area contributed by atoms with Crippen LogP contribution in [0.4, 0.5) is 17.2 Å². The molecule has 0 bridgehead atoms. The van der Waals surface area contributed by atoms with Crippen LogP contribution in [0.25, 0.3) is 0 Å². The van der Waals surface area contributed by atoms with Gasteiger partial charge in [-0.2, -0.15) is 0 Å². The van der Waals surface area contributed by atoms with Crippen LogP contribution < -0.4 is 15.0 Å². The van der Waals surface area contributed by atoms with Crippen LogP contribution in [0.2, 0.25) is 0 Å². The van der Waals surface area contributed by atoms with E-state index in [9.17, 15) is 4.79 Å². The molecule has 0 spiro atoms. The van der Waals surface area contributed by atoms with Crippen molar-refractivity contribution in [1.29, 1.82) is 0 Å². The lowest BCUT2D eigenvalue weighted by Crippen LogP contribution is -2.56. The fourth-order valence-electron chi connectivity index (χ4n) is 5.59. The molecule has 4 aliphatic heterocycles. The second kappa shape index (κ2) is 11.5. The van der Waals surface area contributed by atoms with Gasteiger partial charge >= 0.3 is 0 Å². The molecule has 6 rings (SSSR count). The number of hydrogen-bond acceptors (Lipinski definition) is 9. The number of ether oxygens (including phenoxy) is 2. The maximum atomic E-state index is 9.23. The number of carbonyl (C=O) groups excluding carboxylic acids is 1. The van der Waals surface area contributed by atoms with Crippen molar-refractivity contribution in [3.63, 3.8) is 0 Å². The minimum atomic E-state index is 0.474. The third kappa shape index (κ3) is 5.57. The zero-order valence-electron chi connectivity index (χ0n) is 22.0. The summed E-state index contributed by atoms with van der Waals surface area (Å²) >= 11 is 0. The molecule has 37 heavy (non-hydrogen) atoms. The van der Waals surface area contributed by atoms with Crippen LogP contribution in [0, 0.1) is 18.8 Å². The van der Waals surface area contributed by atoms with Gasteiger partial charge in [-0.1, -0.05) is 5.92 Å². The smallest absolute Gasteiger partial charge is 0.192 e. The minimum Gasteiger partial charge on any atom is -0.485 e. The Kier molecular flexibility index (Phi) is 7.89. The number of aromatic nitrogens is 2. The highest BCUT2D eigenvalue weighted by Crippen LogP contribution is 2.40. The number of aldehydes is 1. The Labute approximate surface area is 219 Å². The summed E-state index contributed by atoms with van der Waals surface area (Å²) in [7, 11) is 2.20. The van der Waals surface area contributed by atoms with Crippen LogP contribution in [0.1, 0.15) is 36.2 Å². The summed E-state index contributed by atoms with van der Waals surface area (Å²) in [5.74, 6) is 6.78. The number of rotatable bonds is 3. The molecule has 0 saturated carbocycles. The van der Waals surface area contributed by atoms with Gasteiger partial charge in [0.2, 0.25) is 0 Å². The summed E-state index contributed by atoms with van der Waals surface area (Å²) in [5.41, 5.74) is 5.39. The summed E-state index contributed by atoms with van der Waals surface area (Å²) in [6, 6.07) is 5.00. The van der Waals surface area contributed by atoms with Crippen LogP contribution in [-0.4, -0.2) is 91.6 Å². The Morgan fingerprint density at radius 2 is 2.00 bits per heavy atom. The van der Waals surface area contributed by atoms with Gasteiger partial charge in [-0.15, -0.1) is 0 Å². The molecule has 2 aromatic heterocycles. The quantitative estimate of drug-likeness (QED) is 0.501. The first kappa shape index (κ1) is 25.5. The van der Waals surface area contributed by atoms with E-state index in [0.29, 0.717) is 24.9 Å². The Morgan fingerprint density at radius 1 is 1.19 bits per heavy atom. The molecule has 3 fully saturated rings. The number of nitrogens with zero attached hydrogens (tertiary/aromatic N) is 5. The normalized spacial score (nSPS) is 21.5. The van der Waals surface area contributed by atoms with Gasteiger partial charge in [-0.05, 0) is 51.9 Å². The Morgan fingerprint density at radius 3 is 2.70 bits per heavy atom. The van der Waals surface area contributed by atoms with Crippen LogP contribution >= 0.6 is 0 Å². The zero-order valence-corrected chi connectivity index (χ0v) is 22.0. The van der Waals surface area contributed by atoms with Crippen molar-refractivity contribution >= 4 is 23.5 Å². The summed E-state index contributed by atoms with van der Waals surface area (Å²) in [6.45, 7) is 12.1. The predicted molar refractivity (Wildman–Crippen MR) is 144 cm³/mol. The van der Waals surface area contributed by atoms with Crippen molar-refractivity contribution in [3.8, 4) is 17.6 Å². The van der Waals surface area contributed by atoms with Crippen molar-refractivity contribution in [2.75, 3.05) is 69.7 Å². The zero-order chi connectivity index (χ0) is 25.8. The van der Waals surface area contributed by atoms with Crippen molar-refractivity contribution in [1.82, 2.24) is 19.8 Å². The third-order valence-corrected chi connectivity index (χ3v) is 7.56. The second-order valence-corrected chi connectivity index (χ2v) is 10.0. The standard InChI is InChI=1S/C24H32N6O2.C4H4O/c1-16-23-21(11-20(26-16)17-4-6-30(12-17)18-13-28(2)14-18)27-24-19(15-32-23)22(3-5-25-24)29-7-9-31-10-8-29;1-2-3-4-5/h3,5,11,17-18H,4,6-10,12-15H2,1-2H3,(H,25,27);4H,1H3. The first-order chi connectivity index (χ1) is 18.1. The number of morpholine rings is 1. The number of anilines is 3. The molecule has 1 unspecified atom stereocenters. The van der Waals surface area contributed by atoms with Gasteiger partial charge in [0.1, 0.15) is 12.4 Å². The van der Waals surface area contributed by atoms with E-state index in [1.54, 1.807) is 6.92 Å². The molecule has 9 heteroatoms. The molecule has 9 nitrogen and oxygen atoms in total. The van der Waals surface area contributed by atoms with E-state index in [4.69, 9.17) is 14.5 Å². The SMILES string of the molecule is CC#CC=O.Cc1nc(C2CCN(C3CN(C)C3)C2)cc2c1OCc1c(N3CCOCC3)ccnc1N2. The number of aryl methyl sites for hydroxylation is 1. The van der Waals surface area contributed by atoms with Gasteiger partial charge < -0.3 is 24.6 Å². The van der Waals surface area contributed by atoms with Crippen LogP contribution in [0.15, 0.2) is 18.3 Å². The van der Waals surface area contributed by atoms with Crippen LogP contribution in [0.3, 0.4) is 0 Å². The van der Waals surface area contributed by atoms with Gasteiger partial charge in [-0.25, -0.2) is 4.98 Å². The molecule has 2 aromatic rings. The van der Waals surface area contributed by atoms with Gasteiger partial charge in [-0.3, -0.25) is 14.7 Å². The van der Waals surface area contributed by atoms with Crippen LogP contribution in [0.5, 0.6) is 5.75 Å². The summed E-state index contributed by atoms with van der Waals surface area (Å²) in [5, 5.41) is 3.59. The highest BCUT2D eigenvalue weighted by Gasteiger charge is 2.35. The molecular weight excluding hydrogens is 468 g/mol. The molecule has 0 aromatic carbocycles. The second-order valence-electron chi connectivity index (χ2n) is 10.0. The number of likely N-dealkylation sites (N-methyl/N-ethyl adjacent to an activating group) is 1. The van der Waals surface area contributed by atoms with Gasteiger partial charge in [0.05, 0.1) is 30.2 Å². The maximum Gasteiger partial charge on any atom is 0.192 e. The van der Waals surface area contributed by atoms with Gasteiger partial charge in [0, 0.05) is 62.3 Å². The number of fused-ring (bicyclic) bond motifs is 2. The molecule has 3 saturated heterocycles. The average molecular weight is 505 g/mol. The summed E-state index contributed by atoms with van der Waals surface area (Å²) < 4.78 is 11.9. The number of likely N-dealkylation sites (tertiary alicyclic amines) is 2. The van der Waals surface area contributed by atoms with Crippen molar-refractivity contribution in [2.45, 2.75) is 38.8 Å². The van der Waals surface area contributed by atoms with E-state index >= 15 is 0 Å². The highest BCUT2D eigenvalue weighted by molar-refractivity contribution is 5.74. The Bertz CT molecular complexity index is 1180. The third-order valence-electron chi connectivity index (χ3n) is 7.56. The van der Waals surface area contributed by atoms with E-state index in [-0.39, 0.29) is 0 Å². The lowest BCUT2D eigenvalue weighted by atomic mass is 10.0. The summed E-state index contributed by atoms with van der Waals surface area (Å²) in [4.78, 5) is 26.3. The average Bonchev–Trinajstić information content (AvgIpc) is 3.29. The summed E-state index contributed by atoms with van der Waals surface area (Å²) in [6.07, 6.45) is 3.63. The number of nitrogens with one attached hydrogen (secondary N) is 1. The fraction of sp³-hybridized carbons (Fsp3) is 0.536. The van der Waals surface area contributed by atoms with E-state index in [0.717, 1.165) is 67.9 Å². The molecule has 0 amide bonds. The van der Waals surface area contributed by atoms with Gasteiger partial charge in [0.15, 0.2) is 12.0 Å². The number of pyridine rings is 2. The number of hydrogen-bond donors (Lipinski definition) is 1. The molecule has 196 valence electrons. The molecule has 1 N–H and O–H groups in total. The van der Waals surface area contributed by atoms with E-state index in [1.165, 1.54) is 30.9 Å². The lowest BCUT2D eigenvalue weighted by molar-refractivity contribution is -0.103. The Balaban J connectivity index is 0.000000514. The van der Waals surface area contributed by atoms with E-state index in [1.807, 2.05) is 6.20 Å². The number of carbonyl (C=O) groups is 1. The Hall–Kier alpha value is -3.19. The lowest BCUT2D eigenvalue weighted by Gasteiger charge is -2.42. The van der Waals surface area contributed by atoms with Crippen LogP contribution in [-0.2, 0) is 16.1 Å². The van der Waals surface area contributed by atoms with Crippen molar-refractivity contribution in [2.24, 2.45) is 0 Å². The van der Waals surface area contributed by atoms with Crippen molar-refractivity contribution in [3.05, 3.63) is 35.3 Å². The molecule has 4 aliphatic rings. The highest BCUT2D eigenvalue weighted by atomic mass is 16.5. The minimum absolute atomic E-state index is 0.474. The first-order valence-corrected chi connectivity index (χ1v) is 13.1. The topological polar surface area (TPSA) is 83.1 Å². The fourth-order valence-corrected chi connectivity index (χ4v) is 5.59. The molecule has 1 atom stereocenters. The maximum absolute atomic E-state index is 9.23. The van der Waals surface area contributed by atoms with E-state index < -0.39 is 0 Å². The monoisotopic (exact) mass is 504 g/mol. The molecule has 0 aliphatic carbocycles. The predicted octanol–water partition coefficient (Wildman–Crippen LogP) is 2.57. The van der Waals surface area contributed by atoms with Gasteiger partial charge in [0.25, 0.3) is 0 Å². The molecule has 0 radical (unpaired) electrons. The molecular formula is C28H36N6O3. The first-order valence-electron chi connectivity index (χ1n) is 13.1. The van der Waals surface area contributed by atoms with Crippen molar-refractivity contribution < 1.29 is 14.3 Å².